The van der Waals surface area contributed by atoms with Gasteiger partial charge < -0.3 is 4.74 Å². The highest BCUT2D eigenvalue weighted by atomic mass is 16.5. The molecular formula is C21H25NO2. The summed E-state index contributed by atoms with van der Waals surface area (Å²) in [6.45, 7) is 2.52. The summed E-state index contributed by atoms with van der Waals surface area (Å²) in [5, 5.41) is 0. The molecule has 0 N–H and O–H groups in total. The lowest BCUT2D eigenvalue weighted by Gasteiger charge is -2.31. The van der Waals surface area contributed by atoms with Crippen molar-refractivity contribution >= 4 is 5.78 Å². The van der Waals surface area contributed by atoms with Crippen LogP contribution in [0.1, 0.15) is 28.8 Å². The summed E-state index contributed by atoms with van der Waals surface area (Å²) in [4.78, 5) is 14.7. The van der Waals surface area contributed by atoms with Gasteiger partial charge in [0.2, 0.25) is 0 Å². The lowest BCUT2D eigenvalue weighted by Crippen LogP contribution is -2.37. The van der Waals surface area contributed by atoms with E-state index in [0.717, 1.165) is 36.7 Å². The van der Waals surface area contributed by atoms with E-state index in [1.807, 2.05) is 24.3 Å². The van der Waals surface area contributed by atoms with Crippen LogP contribution in [0, 0.1) is 5.92 Å². The number of benzene rings is 2. The molecule has 0 radical (unpaired) electrons. The average molecular weight is 323 g/mol. The smallest absolute Gasteiger partial charge is 0.176 e. The van der Waals surface area contributed by atoms with E-state index in [1.54, 1.807) is 7.11 Å². The molecule has 2 aromatic rings. The number of hydrogen-bond acceptors (Lipinski definition) is 3. The standard InChI is InChI=1S/C21H25NO2/c1-24-20-9-5-8-19(15-20)21(23)16-22-12-10-18(11-13-22)14-17-6-3-2-4-7-17/h2-9,15,18H,10-14,16H2,1H3. The molecule has 0 unspecified atom stereocenters. The predicted octanol–water partition coefficient (Wildman–Crippen LogP) is 3.83. The molecule has 0 aromatic heterocycles. The Morgan fingerprint density at radius 2 is 1.83 bits per heavy atom. The van der Waals surface area contributed by atoms with Crippen molar-refractivity contribution < 1.29 is 9.53 Å². The van der Waals surface area contributed by atoms with E-state index in [9.17, 15) is 4.79 Å². The third kappa shape index (κ3) is 4.45. The number of Topliss-reactive ketones (excluding diaryl/α,β-unsaturated/α-hetero) is 1. The summed E-state index contributed by atoms with van der Waals surface area (Å²) >= 11 is 0. The Kier molecular flexibility index (Phi) is 5.65. The molecule has 0 amide bonds. The summed E-state index contributed by atoms with van der Waals surface area (Å²) in [5.74, 6) is 1.65. The predicted molar refractivity (Wildman–Crippen MR) is 96.6 cm³/mol. The van der Waals surface area contributed by atoms with Gasteiger partial charge in [-0.15, -0.1) is 0 Å². The molecule has 1 aliphatic heterocycles. The Morgan fingerprint density at radius 3 is 2.54 bits per heavy atom. The van der Waals surface area contributed by atoms with Crippen LogP contribution in [0.25, 0.3) is 0 Å². The fraction of sp³-hybridized carbons (Fsp3) is 0.381. The molecular weight excluding hydrogens is 298 g/mol. The summed E-state index contributed by atoms with van der Waals surface area (Å²) in [6, 6.07) is 18.1. The first kappa shape index (κ1) is 16.7. The van der Waals surface area contributed by atoms with Crippen LogP contribution in [-0.2, 0) is 6.42 Å². The molecule has 3 rings (SSSR count). The van der Waals surface area contributed by atoms with Gasteiger partial charge in [-0.2, -0.15) is 0 Å². The number of ketones is 1. The summed E-state index contributed by atoms with van der Waals surface area (Å²) in [5.41, 5.74) is 2.16. The van der Waals surface area contributed by atoms with Crippen LogP contribution in [0.3, 0.4) is 0 Å². The first-order valence-corrected chi connectivity index (χ1v) is 8.68. The molecule has 3 heteroatoms. The van der Waals surface area contributed by atoms with Crippen molar-refractivity contribution in [2.75, 3.05) is 26.7 Å². The number of nitrogens with zero attached hydrogens (tertiary/aromatic N) is 1. The zero-order chi connectivity index (χ0) is 16.8. The zero-order valence-corrected chi connectivity index (χ0v) is 14.3. The molecule has 1 fully saturated rings. The Morgan fingerprint density at radius 1 is 1.08 bits per heavy atom. The normalized spacial score (nSPS) is 16.0. The van der Waals surface area contributed by atoms with Crippen molar-refractivity contribution in [1.29, 1.82) is 0 Å². The highest BCUT2D eigenvalue weighted by molar-refractivity contribution is 5.97. The summed E-state index contributed by atoms with van der Waals surface area (Å²) in [6.07, 6.45) is 3.49. The van der Waals surface area contributed by atoms with E-state index in [2.05, 4.69) is 35.2 Å². The maximum atomic E-state index is 12.5. The third-order valence-electron chi connectivity index (χ3n) is 4.83. The SMILES string of the molecule is COc1cccc(C(=O)CN2CCC(Cc3ccccc3)CC2)c1. The average Bonchev–Trinajstić information content (AvgIpc) is 2.64. The molecule has 1 aliphatic rings. The van der Waals surface area contributed by atoms with Gasteiger partial charge in [-0.25, -0.2) is 0 Å². The van der Waals surface area contributed by atoms with Gasteiger partial charge in [-0.1, -0.05) is 42.5 Å². The first-order valence-electron chi connectivity index (χ1n) is 8.68. The molecule has 126 valence electrons. The Labute approximate surface area is 144 Å². The molecule has 24 heavy (non-hydrogen) atoms. The van der Waals surface area contributed by atoms with Crippen molar-refractivity contribution in [1.82, 2.24) is 4.90 Å². The summed E-state index contributed by atoms with van der Waals surface area (Å²) in [7, 11) is 1.63. The number of carbonyl (C=O) groups is 1. The number of carbonyl (C=O) groups excluding carboxylic acids is 1. The van der Waals surface area contributed by atoms with Crippen LogP contribution < -0.4 is 4.74 Å². The molecule has 0 spiro atoms. The maximum absolute atomic E-state index is 12.5. The monoisotopic (exact) mass is 323 g/mol. The Bertz CT molecular complexity index is 661. The third-order valence-corrected chi connectivity index (χ3v) is 4.83. The van der Waals surface area contributed by atoms with Crippen molar-refractivity contribution in [2.24, 2.45) is 5.92 Å². The minimum atomic E-state index is 0.176. The molecule has 1 heterocycles. The first-order chi connectivity index (χ1) is 11.7. The van der Waals surface area contributed by atoms with Gasteiger partial charge in [0.25, 0.3) is 0 Å². The van der Waals surface area contributed by atoms with Crippen LogP contribution in [0.4, 0.5) is 0 Å². The van der Waals surface area contributed by atoms with Gasteiger partial charge in [0.1, 0.15) is 5.75 Å². The van der Waals surface area contributed by atoms with Gasteiger partial charge >= 0.3 is 0 Å². The highest BCUT2D eigenvalue weighted by Gasteiger charge is 2.21. The minimum absolute atomic E-state index is 0.176. The molecule has 0 aliphatic carbocycles. The number of methoxy groups -OCH3 is 1. The van der Waals surface area contributed by atoms with E-state index in [4.69, 9.17) is 4.74 Å². The van der Waals surface area contributed by atoms with Crippen LogP contribution >= 0.6 is 0 Å². The van der Waals surface area contributed by atoms with Crippen molar-refractivity contribution in [3.8, 4) is 5.75 Å². The van der Waals surface area contributed by atoms with E-state index in [0.29, 0.717) is 6.54 Å². The molecule has 0 bridgehead atoms. The number of piperidine rings is 1. The zero-order valence-electron chi connectivity index (χ0n) is 14.3. The number of rotatable bonds is 6. The number of hydrogen-bond donors (Lipinski definition) is 0. The van der Waals surface area contributed by atoms with E-state index >= 15 is 0 Å². The molecule has 3 nitrogen and oxygen atoms in total. The number of ether oxygens (including phenoxy) is 1. The maximum Gasteiger partial charge on any atom is 0.176 e. The fourth-order valence-corrected chi connectivity index (χ4v) is 3.39. The number of likely N-dealkylation sites (tertiary alicyclic amines) is 1. The van der Waals surface area contributed by atoms with Gasteiger partial charge in [-0.05, 0) is 56.0 Å². The Hall–Kier alpha value is -2.13. The second-order valence-electron chi connectivity index (χ2n) is 6.56. The van der Waals surface area contributed by atoms with Crippen LogP contribution in [0.2, 0.25) is 0 Å². The lowest BCUT2D eigenvalue weighted by molar-refractivity contribution is 0.0895. The molecule has 0 atom stereocenters. The van der Waals surface area contributed by atoms with Gasteiger partial charge in [0.05, 0.1) is 13.7 Å². The highest BCUT2D eigenvalue weighted by Crippen LogP contribution is 2.22. The van der Waals surface area contributed by atoms with Gasteiger partial charge in [0, 0.05) is 5.56 Å². The van der Waals surface area contributed by atoms with Gasteiger partial charge in [-0.3, -0.25) is 9.69 Å². The second-order valence-corrected chi connectivity index (χ2v) is 6.56. The largest absolute Gasteiger partial charge is 0.497 e. The van der Waals surface area contributed by atoms with Crippen molar-refractivity contribution in [2.45, 2.75) is 19.3 Å². The molecule has 2 aromatic carbocycles. The van der Waals surface area contributed by atoms with Crippen LogP contribution in [0.5, 0.6) is 5.75 Å². The summed E-state index contributed by atoms with van der Waals surface area (Å²) < 4.78 is 5.20. The van der Waals surface area contributed by atoms with Crippen LogP contribution in [-0.4, -0.2) is 37.4 Å². The quantitative estimate of drug-likeness (QED) is 0.757. The van der Waals surface area contributed by atoms with Crippen LogP contribution in [0.15, 0.2) is 54.6 Å². The van der Waals surface area contributed by atoms with Gasteiger partial charge in [0.15, 0.2) is 5.78 Å². The molecule has 1 saturated heterocycles. The fourth-order valence-electron chi connectivity index (χ4n) is 3.39. The lowest BCUT2D eigenvalue weighted by atomic mass is 9.90. The Balaban J connectivity index is 1.49. The minimum Gasteiger partial charge on any atom is -0.497 e. The second kappa shape index (κ2) is 8.11. The van der Waals surface area contributed by atoms with Crippen molar-refractivity contribution in [3.63, 3.8) is 0 Å². The topological polar surface area (TPSA) is 29.5 Å². The molecule has 0 saturated carbocycles. The van der Waals surface area contributed by atoms with E-state index < -0.39 is 0 Å². The van der Waals surface area contributed by atoms with E-state index in [-0.39, 0.29) is 5.78 Å². The van der Waals surface area contributed by atoms with Crippen molar-refractivity contribution in [3.05, 3.63) is 65.7 Å². The van der Waals surface area contributed by atoms with E-state index in [1.165, 1.54) is 18.4 Å².